The SMILES string of the molecule is C#C[C@@H](c1ccc(F)cc1C)[C@@H](C)OC(=O)[C@H](C)N. The summed E-state index contributed by atoms with van der Waals surface area (Å²) in [7, 11) is 0. The van der Waals surface area contributed by atoms with Crippen molar-refractivity contribution in [3.05, 3.63) is 35.1 Å². The zero-order valence-corrected chi connectivity index (χ0v) is 11.3. The highest BCUT2D eigenvalue weighted by atomic mass is 19.1. The summed E-state index contributed by atoms with van der Waals surface area (Å²) in [4.78, 5) is 11.5. The molecule has 0 bridgehead atoms. The number of nitrogens with two attached hydrogens (primary N) is 1. The van der Waals surface area contributed by atoms with E-state index in [-0.39, 0.29) is 5.82 Å². The molecule has 0 spiro atoms. The minimum absolute atomic E-state index is 0.322. The zero-order valence-electron chi connectivity index (χ0n) is 11.3. The van der Waals surface area contributed by atoms with Crippen molar-refractivity contribution in [2.45, 2.75) is 38.8 Å². The van der Waals surface area contributed by atoms with E-state index in [4.69, 9.17) is 16.9 Å². The Morgan fingerprint density at radius 2 is 2.11 bits per heavy atom. The Labute approximate surface area is 112 Å². The third-order valence-corrected chi connectivity index (χ3v) is 2.89. The molecule has 0 aliphatic rings. The van der Waals surface area contributed by atoms with Crippen LogP contribution in [-0.2, 0) is 9.53 Å². The van der Waals surface area contributed by atoms with E-state index in [1.165, 1.54) is 12.1 Å². The molecule has 0 radical (unpaired) electrons. The molecule has 0 aliphatic carbocycles. The summed E-state index contributed by atoms with van der Waals surface area (Å²) in [5.41, 5.74) is 6.94. The van der Waals surface area contributed by atoms with Gasteiger partial charge < -0.3 is 10.5 Å². The predicted octanol–water partition coefficient (Wildman–Crippen LogP) is 2.13. The second-order valence-electron chi connectivity index (χ2n) is 4.58. The summed E-state index contributed by atoms with van der Waals surface area (Å²) < 4.78 is 18.3. The number of carbonyl (C=O) groups is 1. The number of esters is 1. The summed E-state index contributed by atoms with van der Waals surface area (Å²) in [6.07, 6.45) is 4.98. The lowest BCUT2D eigenvalue weighted by Gasteiger charge is -2.22. The van der Waals surface area contributed by atoms with Gasteiger partial charge in [-0.1, -0.05) is 12.0 Å². The molecule has 0 saturated heterocycles. The molecule has 1 rings (SSSR count). The summed E-state index contributed by atoms with van der Waals surface area (Å²) in [6, 6.07) is 3.66. The average Bonchev–Trinajstić information content (AvgIpc) is 2.32. The molecular formula is C15H18FNO2. The van der Waals surface area contributed by atoms with Crippen molar-refractivity contribution < 1.29 is 13.9 Å². The molecule has 2 N–H and O–H groups in total. The fourth-order valence-electron chi connectivity index (χ4n) is 1.82. The fraction of sp³-hybridized carbons (Fsp3) is 0.400. The van der Waals surface area contributed by atoms with Crippen molar-refractivity contribution in [2.24, 2.45) is 5.73 Å². The molecular weight excluding hydrogens is 245 g/mol. The number of carbonyl (C=O) groups excluding carboxylic acids is 1. The van der Waals surface area contributed by atoms with Crippen LogP contribution in [0.2, 0.25) is 0 Å². The Bertz CT molecular complexity index is 505. The van der Waals surface area contributed by atoms with E-state index in [1.807, 2.05) is 0 Å². The van der Waals surface area contributed by atoms with E-state index >= 15 is 0 Å². The van der Waals surface area contributed by atoms with Crippen LogP contribution in [0.25, 0.3) is 0 Å². The van der Waals surface area contributed by atoms with Crippen molar-refractivity contribution in [1.82, 2.24) is 0 Å². The Hall–Kier alpha value is -1.86. The lowest BCUT2D eigenvalue weighted by atomic mass is 9.91. The lowest BCUT2D eigenvalue weighted by Crippen LogP contribution is -2.33. The second kappa shape index (κ2) is 6.35. The number of hydrogen-bond donors (Lipinski definition) is 1. The molecule has 0 heterocycles. The molecule has 19 heavy (non-hydrogen) atoms. The summed E-state index contributed by atoms with van der Waals surface area (Å²) in [5.74, 6) is 1.33. The van der Waals surface area contributed by atoms with Crippen LogP contribution in [0.15, 0.2) is 18.2 Å². The largest absolute Gasteiger partial charge is 0.460 e. The molecule has 0 unspecified atom stereocenters. The molecule has 1 aromatic carbocycles. The van der Waals surface area contributed by atoms with Crippen LogP contribution in [0.5, 0.6) is 0 Å². The van der Waals surface area contributed by atoms with Crippen LogP contribution < -0.4 is 5.73 Å². The number of terminal acetylenes is 1. The summed E-state index contributed by atoms with van der Waals surface area (Å²) in [6.45, 7) is 5.01. The van der Waals surface area contributed by atoms with Crippen molar-refractivity contribution in [3.8, 4) is 12.3 Å². The van der Waals surface area contributed by atoms with Gasteiger partial charge in [-0.15, -0.1) is 6.42 Å². The van der Waals surface area contributed by atoms with E-state index in [2.05, 4.69) is 5.92 Å². The molecule has 0 aromatic heterocycles. The molecule has 102 valence electrons. The van der Waals surface area contributed by atoms with E-state index in [0.717, 1.165) is 11.1 Å². The van der Waals surface area contributed by atoms with Crippen LogP contribution >= 0.6 is 0 Å². The van der Waals surface area contributed by atoms with Crippen LogP contribution in [0, 0.1) is 25.1 Å². The molecule has 4 heteroatoms. The van der Waals surface area contributed by atoms with Gasteiger partial charge in [0.15, 0.2) is 0 Å². The third-order valence-electron chi connectivity index (χ3n) is 2.89. The van der Waals surface area contributed by atoms with Gasteiger partial charge >= 0.3 is 5.97 Å². The van der Waals surface area contributed by atoms with Crippen molar-refractivity contribution >= 4 is 5.97 Å². The topological polar surface area (TPSA) is 52.3 Å². The fourth-order valence-corrected chi connectivity index (χ4v) is 1.82. The molecule has 0 fully saturated rings. The maximum atomic E-state index is 13.1. The maximum absolute atomic E-state index is 13.1. The monoisotopic (exact) mass is 263 g/mol. The molecule has 1 aromatic rings. The van der Waals surface area contributed by atoms with E-state index in [9.17, 15) is 9.18 Å². The van der Waals surface area contributed by atoms with Gasteiger partial charge in [-0.25, -0.2) is 4.39 Å². The summed E-state index contributed by atoms with van der Waals surface area (Å²) >= 11 is 0. The van der Waals surface area contributed by atoms with Crippen LogP contribution in [-0.4, -0.2) is 18.1 Å². The Morgan fingerprint density at radius 1 is 1.47 bits per heavy atom. The molecule has 0 saturated carbocycles. The van der Waals surface area contributed by atoms with Gasteiger partial charge in [-0.05, 0) is 44.0 Å². The highest BCUT2D eigenvalue weighted by Crippen LogP contribution is 2.25. The van der Waals surface area contributed by atoms with Gasteiger partial charge in [0.25, 0.3) is 0 Å². The zero-order chi connectivity index (χ0) is 14.6. The molecule has 3 atom stereocenters. The summed E-state index contributed by atoms with van der Waals surface area (Å²) in [5, 5.41) is 0. The van der Waals surface area contributed by atoms with Gasteiger partial charge in [0.05, 0.1) is 5.92 Å². The van der Waals surface area contributed by atoms with E-state index in [0.29, 0.717) is 0 Å². The highest BCUT2D eigenvalue weighted by Gasteiger charge is 2.23. The third kappa shape index (κ3) is 3.80. The van der Waals surface area contributed by atoms with Crippen LogP contribution in [0.3, 0.4) is 0 Å². The Morgan fingerprint density at radius 3 is 2.58 bits per heavy atom. The van der Waals surface area contributed by atoms with Gasteiger partial charge in [0.1, 0.15) is 18.0 Å². The van der Waals surface area contributed by atoms with Gasteiger partial charge in [0.2, 0.25) is 0 Å². The number of rotatable bonds is 4. The maximum Gasteiger partial charge on any atom is 0.322 e. The molecule has 0 amide bonds. The Balaban J connectivity index is 2.95. The smallest absolute Gasteiger partial charge is 0.322 e. The first-order chi connectivity index (χ1) is 8.86. The van der Waals surface area contributed by atoms with E-state index < -0.39 is 24.0 Å². The first-order valence-electron chi connectivity index (χ1n) is 6.05. The van der Waals surface area contributed by atoms with Crippen molar-refractivity contribution in [2.75, 3.05) is 0 Å². The average molecular weight is 263 g/mol. The minimum Gasteiger partial charge on any atom is -0.460 e. The van der Waals surface area contributed by atoms with Crippen molar-refractivity contribution in [1.29, 1.82) is 0 Å². The van der Waals surface area contributed by atoms with Crippen LogP contribution in [0.1, 0.15) is 30.9 Å². The standard InChI is InChI=1S/C15H18FNO2/c1-5-13(11(4)19-15(18)10(3)17)14-7-6-12(16)8-9(14)2/h1,6-8,10-11,13H,17H2,2-4H3/t10-,11+,13+/m0/s1. The van der Waals surface area contributed by atoms with Gasteiger partial charge in [0, 0.05) is 0 Å². The highest BCUT2D eigenvalue weighted by molar-refractivity contribution is 5.75. The van der Waals surface area contributed by atoms with E-state index in [1.54, 1.807) is 26.8 Å². The Kier molecular flexibility index (Phi) is 5.08. The number of halogens is 1. The number of benzene rings is 1. The van der Waals surface area contributed by atoms with Crippen LogP contribution in [0.4, 0.5) is 4.39 Å². The second-order valence-corrected chi connectivity index (χ2v) is 4.58. The first-order valence-corrected chi connectivity index (χ1v) is 6.05. The molecule has 0 aliphatic heterocycles. The number of aryl methyl sites for hydroxylation is 1. The number of hydrogen-bond acceptors (Lipinski definition) is 3. The normalized spacial score (nSPS) is 15.2. The van der Waals surface area contributed by atoms with Gasteiger partial charge in [-0.2, -0.15) is 0 Å². The number of ether oxygens (including phenoxy) is 1. The van der Waals surface area contributed by atoms with Crippen molar-refractivity contribution in [3.63, 3.8) is 0 Å². The molecule has 3 nitrogen and oxygen atoms in total. The predicted molar refractivity (Wildman–Crippen MR) is 71.9 cm³/mol. The lowest BCUT2D eigenvalue weighted by molar-refractivity contribution is -0.149. The first kappa shape index (κ1) is 15.2. The minimum atomic E-state index is -0.699. The van der Waals surface area contributed by atoms with Gasteiger partial charge in [-0.3, -0.25) is 4.79 Å². The quantitative estimate of drug-likeness (QED) is 0.669.